The first-order chi connectivity index (χ1) is 15.0. The van der Waals surface area contributed by atoms with Crippen LogP contribution >= 0.6 is 23.4 Å². The fraction of sp³-hybridized carbons (Fsp3) is 0.286. The highest BCUT2D eigenvalue weighted by molar-refractivity contribution is 7.99. The number of aromatic nitrogens is 2. The maximum Gasteiger partial charge on any atom is 0.277 e. The van der Waals surface area contributed by atoms with Crippen molar-refractivity contribution < 1.29 is 13.6 Å². The van der Waals surface area contributed by atoms with E-state index >= 15 is 0 Å². The molecule has 0 unspecified atom stereocenters. The van der Waals surface area contributed by atoms with Gasteiger partial charge in [-0.3, -0.25) is 4.79 Å². The molecule has 3 aromatic rings. The minimum absolute atomic E-state index is 0.0970. The molecule has 2 aromatic carbocycles. The van der Waals surface area contributed by atoms with Crippen molar-refractivity contribution in [2.45, 2.75) is 5.22 Å². The molecule has 31 heavy (non-hydrogen) atoms. The Kier molecular flexibility index (Phi) is 6.74. The Hall–Kier alpha value is -2.62. The average molecular weight is 462 g/mol. The number of benzene rings is 2. The summed E-state index contributed by atoms with van der Waals surface area (Å²) in [6.07, 6.45) is 0. The zero-order valence-electron chi connectivity index (χ0n) is 16.8. The molecule has 2 heterocycles. The lowest BCUT2D eigenvalue weighted by molar-refractivity contribution is -0.113. The third kappa shape index (κ3) is 5.36. The van der Waals surface area contributed by atoms with E-state index in [0.29, 0.717) is 16.3 Å². The molecule has 1 aromatic heterocycles. The van der Waals surface area contributed by atoms with Crippen molar-refractivity contribution in [3.05, 3.63) is 53.3 Å². The highest BCUT2D eigenvalue weighted by Crippen LogP contribution is 2.34. The Morgan fingerprint density at radius 2 is 1.90 bits per heavy atom. The van der Waals surface area contributed by atoms with Crippen LogP contribution in [0.25, 0.3) is 11.5 Å². The van der Waals surface area contributed by atoms with E-state index in [1.165, 1.54) is 12.1 Å². The van der Waals surface area contributed by atoms with Crippen LogP contribution in [0, 0.1) is 5.82 Å². The summed E-state index contributed by atoms with van der Waals surface area (Å²) >= 11 is 7.59. The lowest BCUT2D eigenvalue weighted by Crippen LogP contribution is -2.44. The zero-order chi connectivity index (χ0) is 21.8. The summed E-state index contributed by atoms with van der Waals surface area (Å²) in [5, 5.41) is 11.7. The van der Waals surface area contributed by atoms with Gasteiger partial charge >= 0.3 is 0 Å². The van der Waals surface area contributed by atoms with Crippen LogP contribution in [0.3, 0.4) is 0 Å². The van der Waals surface area contributed by atoms with Crippen LogP contribution in [-0.2, 0) is 4.79 Å². The Labute approximate surface area is 188 Å². The quantitative estimate of drug-likeness (QED) is 0.556. The van der Waals surface area contributed by atoms with Gasteiger partial charge in [0.2, 0.25) is 11.8 Å². The number of hydrogen-bond acceptors (Lipinski definition) is 7. The number of rotatable bonds is 6. The third-order valence-corrected chi connectivity index (χ3v) is 6.03. The minimum Gasteiger partial charge on any atom is -0.411 e. The van der Waals surface area contributed by atoms with E-state index in [-0.39, 0.29) is 28.6 Å². The number of carbonyl (C=O) groups is 1. The van der Waals surface area contributed by atoms with Crippen LogP contribution < -0.4 is 10.2 Å². The minimum atomic E-state index is -0.341. The van der Waals surface area contributed by atoms with E-state index in [9.17, 15) is 9.18 Å². The monoisotopic (exact) mass is 461 g/mol. The lowest BCUT2D eigenvalue weighted by atomic mass is 10.2. The van der Waals surface area contributed by atoms with Gasteiger partial charge in [-0.2, -0.15) is 0 Å². The van der Waals surface area contributed by atoms with Gasteiger partial charge in [0, 0.05) is 31.7 Å². The molecule has 0 aliphatic carbocycles. The summed E-state index contributed by atoms with van der Waals surface area (Å²) < 4.78 is 18.6. The molecule has 1 N–H and O–H groups in total. The first-order valence-electron chi connectivity index (χ1n) is 9.74. The number of thioether (sulfide) groups is 1. The number of nitrogens with one attached hydrogen (secondary N) is 1. The number of hydrogen-bond donors (Lipinski definition) is 1. The maximum atomic E-state index is 13.1. The number of amides is 1. The molecule has 0 saturated carbocycles. The van der Waals surface area contributed by atoms with Gasteiger partial charge in [0.1, 0.15) is 5.82 Å². The number of para-hydroxylation sites is 1. The smallest absolute Gasteiger partial charge is 0.277 e. The normalized spacial score (nSPS) is 14.6. The van der Waals surface area contributed by atoms with Crippen LogP contribution in [0.1, 0.15) is 0 Å². The molecule has 0 spiro atoms. The SMILES string of the molecule is CN1CCN(c2c(Cl)cccc2NC(=O)CSc2nnc(-c3ccc(F)cc3)o2)CC1. The van der Waals surface area contributed by atoms with Crippen LogP contribution in [-0.4, -0.2) is 60.0 Å². The Morgan fingerprint density at radius 3 is 2.65 bits per heavy atom. The second kappa shape index (κ2) is 9.67. The van der Waals surface area contributed by atoms with Crippen molar-refractivity contribution in [2.24, 2.45) is 0 Å². The van der Waals surface area contributed by atoms with Crippen molar-refractivity contribution in [3.8, 4) is 11.5 Å². The van der Waals surface area contributed by atoms with Crippen LogP contribution in [0.15, 0.2) is 52.1 Å². The summed E-state index contributed by atoms with van der Waals surface area (Å²) in [5.41, 5.74) is 2.13. The van der Waals surface area contributed by atoms with E-state index < -0.39 is 0 Å². The molecule has 7 nitrogen and oxygen atoms in total. The molecule has 10 heteroatoms. The summed E-state index contributed by atoms with van der Waals surface area (Å²) in [6.45, 7) is 3.54. The molecule has 1 fully saturated rings. The van der Waals surface area contributed by atoms with Crippen molar-refractivity contribution in [1.82, 2.24) is 15.1 Å². The standard InChI is InChI=1S/C21H21ClFN5O2S/c1-27-9-11-28(12-10-27)19-16(22)3-2-4-17(19)24-18(29)13-31-21-26-25-20(30-21)14-5-7-15(23)8-6-14/h2-8H,9-13H2,1H3,(H,24,29). The van der Waals surface area contributed by atoms with Crippen LogP contribution in [0.2, 0.25) is 5.02 Å². The van der Waals surface area contributed by atoms with E-state index in [1.54, 1.807) is 12.1 Å². The van der Waals surface area contributed by atoms with E-state index in [0.717, 1.165) is 43.6 Å². The van der Waals surface area contributed by atoms with E-state index in [4.69, 9.17) is 16.0 Å². The molecule has 0 bridgehead atoms. The van der Waals surface area contributed by atoms with Crippen molar-refractivity contribution in [1.29, 1.82) is 0 Å². The summed E-state index contributed by atoms with van der Waals surface area (Å²) in [6, 6.07) is 11.3. The number of piperazine rings is 1. The highest BCUT2D eigenvalue weighted by atomic mass is 35.5. The van der Waals surface area contributed by atoms with Crippen molar-refractivity contribution >= 4 is 40.6 Å². The average Bonchev–Trinajstić information content (AvgIpc) is 3.23. The Balaban J connectivity index is 1.38. The largest absolute Gasteiger partial charge is 0.411 e. The van der Waals surface area contributed by atoms with Gasteiger partial charge in [-0.15, -0.1) is 10.2 Å². The first kappa shape index (κ1) is 21.6. The van der Waals surface area contributed by atoms with Gasteiger partial charge in [-0.05, 0) is 43.4 Å². The second-order valence-corrected chi connectivity index (χ2v) is 8.48. The zero-order valence-corrected chi connectivity index (χ0v) is 18.4. The van der Waals surface area contributed by atoms with Gasteiger partial charge in [-0.1, -0.05) is 29.4 Å². The maximum absolute atomic E-state index is 13.1. The van der Waals surface area contributed by atoms with Crippen LogP contribution in [0.4, 0.5) is 15.8 Å². The molecular formula is C21H21ClFN5O2S. The molecule has 0 atom stereocenters. The Morgan fingerprint density at radius 1 is 1.16 bits per heavy atom. The first-order valence-corrected chi connectivity index (χ1v) is 11.1. The summed E-state index contributed by atoms with van der Waals surface area (Å²) in [7, 11) is 2.09. The number of anilines is 2. The predicted molar refractivity (Wildman–Crippen MR) is 120 cm³/mol. The fourth-order valence-corrected chi connectivity index (χ4v) is 4.12. The number of likely N-dealkylation sites (N-methyl/N-ethyl adjacent to an activating group) is 1. The van der Waals surface area contributed by atoms with Crippen molar-refractivity contribution in [2.75, 3.05) is 49.2 Å². The van der Waals surface area contributed by atoms with Gasteiger partial charge in [0.15, 0.2) is 0 Å². The van der Waals surface area contributed by atoms with Crippen LogP contribution in [0.5, 0.6) is 0 Å². The molecule has 1 aliphatic rings. The molecule has 0 radical (unpaired) electrons. The summed E-state index contributed by atoms with van der Waals surface area (Å²) in [5.74, 6) is -0.175. The van der Waals surface area contributed by atoms with Gasteiger partial charge in [0.25, 0.3) is 5.22 Å². The molecule has 1 amide bonds. The molecule has 4 rings (SSSR count). The van der Waals surface area contributed by atoms with Gasteiger partial charge in [-0.25, -0.2) is 4.39 Å². The summed E-state index contributed by atoms with van der Waals surface area (Å²) in [4.78, 5) is 17.0. The predicted octanol–water partition coefficient (Wildman–Crippen LogP) is 4.01. The second-order valence-electron chi connectivity index (χ2n) is 7.14. The number of nitrogens with zero attached hydrogens (tertiary/aromatic N) is 4. The van der Waals surface area contributed by atoms with Gasteiger partial charge in [0.05, 0.1) is 22.2 Å². The fourth-order valence-electron chi connectivity index (χ4n) is 3.26. The number of carbonyl (C=O) groups excluding carboxylic acids is 1. The lowest BCUT2D eigenvalue weighted by Gasteiger charge is -2.35. The van der Waals surface area contributed by atoms with E-state index in [1.807, 2.05) is 18.2 Å². The highest BCUT2D eigenvalue weighted by Gasteiger charge is 2.21. The molecule has 1 saturated heterocycles. The van der Waals surface area contributed by atoms with E-state index in [2.05, 4.69) is 32.4 Å². The topological polar surface area (TPSA) is 74.5 Å². The van der Waals surface area contributed by atoms with Crippen molar-refractivity contribution in [3.63, 3.8) is 0 Å². The third-order valence-electron chi connectivity index (χ3n) is 4.90. The number of halogens is 2. The molecule has 1 aliphatic heterocycles. The Bertz CT molecular complexity index is 1050. The van der Waals surface area contributed by atoms with Gasteiger partial charge < -0.3 is 19.5 Å². The molecule has 162 valence electrons. The molecular weight excluding hydrogens is 441 g/mol.